The van der Waals surface area contributed by atoms with E-state index in [2.05, 4.69) is 5.43 Å². The molecule has 7 nitrogen and oxygen atoms in total. The van der Waals surface area contributed by atoms with Gasteiger partial charge in [0.15, 0.2) is 0 Å². The van der Waals surface area contributed by atoms with Crippen LogP contribution in [-0.2, 0) is 0 Å². The van der Waals surface area contributed by atoms with E-state index in [-0.39, 0.29) is 28.2 Å². The Morgan fingerprint density at radius 2 is 1.38 bits per heavy atom. The maximum Gasteiger partial charge on any atom is 0.280 e. The molecule has 7 heteroatoms. The molecule has 0 radical (unpaired) electrons. The third-order valence-corrected chi connectivity index (χ3v) is 3.66. The van der Waals surface area contributed by atoms with Crippen LogP contribution in [-0.4, -0.2) is 37.0 Å². The van der Waals surface area contributed by atoms with E-state index in [1.807, 2.05) is 0 Å². The van der Waals surface area contributed by atoms with Crippen LogP contribution < -0.4 is 14.9 Å². The number of hydrogen-bond donors (Lipinski definition) is 1. The minimum atomic E-state index is -0.682. The Morgan fingerprint density at radius 3 is 1.83 bits per heavy atom. The van der Waals surface area contributed by atoms with Crippen LogP contribution in [0.4, 0.5) is 0 Å². The van der Waals surface area contributed by atoms with Crippen molar-refractivity contribution in [1.29, 1.82) is 0 Å². The van der Waals surface area contributed by atoms with E-state index in [4.69, 9.17) is 9.47 Å². The van der Waals surface area contributed by atoms with Crippen molar-refractivity contribution in [2.24, 2.45) is 0 Å². The topological polar surface area (TPSA) is 84.9 Å². The number of amides is 3. The van der Waals surface area contributed by atoms with E-state index in [9.17, 15) is 14.4 Å². The number of rotatable bonds is 4. The van der Waals surface area contributed by atoms with Gasteiger partial charge in [0.05, 0.1) is 25.3 Å². The normalized spacial score (nSPS) is 12.8. The van der Waals surface area contributed by atoms with Gasteiger partial charge in [-0.1, -0.05) is 18.2 Å². The second kappa shape index (κ2) is 6.04. The fourth-order valence-electron chi connectivity index (χ4n) is 2.52. The van der Waals surface area contributed by atoms with Crippen molar-refractivity contribution in [3.8, 4) is 11.5 Å². The molecule has 0 bridgehead atoms. The number of nitrogens with zero attached hydrogens (tertiary/aromatic N) is 1. The molecule has 2 aromatic rings. The van der Waals surface area contributed by atoms with Gasteiger partial charge in [-0.05, 0) is 24.3 Å². The van der Waals surface area contributed by atoms with Crippen LogP contribution in [0, 0.1) is 0 Å². The summed E-state index contributed by atoms with van der Waals surface area (Å²) in [5, 5.41) is 0.693. The zero-order valence-corrected chi connectivity index (χ0v) is 13.0. The van der Waals surface area contributed by atoms with Crippen molar-refractivity contribution in [3.05, 3.63) is 59.2 Å². The molecule has 0 atom stereocenters. The van der Waals surface area contributed by atoms with Crippen molar-refractivity contribution in [2.45, 2.75) is 0 Å². The predicted molar refractivity (Wildman–Crippen MR) is 84.0 cm³/mol. The van der Waals surface area contributed by atoms with Crippen molar-refractivity contribution in [3.63, 3.8) is 0 Å². The Kier molecular flexibility index (Phi) is 3.91. The highest BCUT2D eigenvalue weighted by Gasteiger charge is 2.37. The lowest BCUT2D eigenvalue weighted by atomic mass is 10.1. The van der Waals surface area contributed by atoms with Crippen molar-refractivity contribution >= 4 is 17.7 Å². The van der Waals surface area contributed by atoms with E-state index >= 15 is 0 Å². The fraction of sp³-hybridized carbons (Fsp3) is 0.118. The lowest BCUT2D eigenvalue weighted by molar-refractivity contribution is 0.0516. The van der Waals surface area contributed by atoms with Gasteiger partial charge < -0.3 is 9.47 Å². The van der Waals surface area contributed by atoms with Gasteiger partial charge in [0.1, 0.15) is 17.1 Å². The molecule has 1 heterocycles. The Labute approximate surface area is 137 Å². The highest BCUT2D eigenvalue weighted by Crippen LogP contribution is 2.29. The SMILES string of the molecule is COc1cccc(OC)c1C(=O)NN1C(=O)c2ccccc2C1=O. The summed E-state index contributed by atoms with van der Waals surface area (Å²) in [6.07, 6.45) is 0. The van der Waals surface area contributed by atoms with Gasteiger partial charge in [-0.25, -0.2) is 0 Å². The van der Waals surface area contributed by atoms with Crippen LogP contribution in [0.25, 0.3) is 0 Å². The van der Waals surface area contributed by atoms with Crippen LogP contribution >= 0.6 is 0 Å². The average molecular weight is 326 g/mol. The first-order valence-corrected chi connectivity index (χ1v) is 7.08. The first-order chi connectivity index (χ1) is 11.6. The number of ether oxygens (including phenoxy) is 2. The van der Waals surface area contributed by atoms with Crippen LogP contribution in [0.15, 0.2) is 42.5 Å². The fourth-order valence-corrected chi connectivity index (χ4v) is 2.52. The molecule has 122 valence electrons. The molecule has 1 aliphatic heterocycles. The maximum atomic E-state index is 12.6. The number of fused-ring (bicyclic) bond motifs is 1. The molecular weight excluding hydrogens is 312 g/mol. The lowest BCUT2D eigenvalue weighted by Crippen LogP contribution is -2.46. The lowest BCUT2D eigenvalue weighted by Gasteiger charge is -2.17. The third kappa shape index (κ3) is 2.36. The molecule has 0 saturated heterocycles. The molecule has 0 spiro atoms. The summed E-state index contributed by atoms with van der Waals surface area (Å²) < 4.78 is 10.3. The molecule has 0 fully saturated rings. The molecule has 24 heavy (non-hydrogen) atoms. The van der Waals surface area contributed by atoms with Gasteiger partial charge in [0.25, 0.3) is 17.7 Å². The predicted octanol–water partition coefficient (Wildman–Crippen LogP) is 1.64. The van der Waals surface area contributed by atoms with Gasteiger partial charge in [0.2, 0.25) is 0 Å². The molecule has 0 unspecified atom stereocenters. The maximum absolute atomic E-state index is 12.6. The van der Waals surface area contributed by atoms with Crippen LogP contribution in [0.5, 0.6) is 11.5 Å². The number of carbonyl (C=O) groups excluding carboxylic acids is 3. The first-order valence-electron chi connectivity index (χ1n) is 7.08. The molecule has 3 rings (SSSR count). The number of benzene rings is 2. The van der Waals surface area contributed by atoms with Crippen LogP contribution in [0.3, 0.4) is 0 Å². The Morgan fingerprint density at radius 1 is 0.875 bits per heavy atom. The van der Waals surface area contributed by atoms with Gasteiger partial charge in [-0.3, -0.25) is 19.8 Å². The number of nitrogens with one attached hydrogen (secondary N) is 1. The van der Waals surface area contributed by atoms with E-state index in [1.54, 1.807) is 30.3 Å². The third-order valence-electron chi connectivity index (χ3n) is 3.66. The summed E-state index contributed by atoms with van der Waals surface area (Å²) in [7, 11) is 2.82. The summed E-state index contributed by atoms with van der Waals surface area (Å²) in [5.41, 5.74) is 2.91. The molecule has 1 aliphatic rings. The van der Waals surface area contributed by atoms with Gasteiger partial charge in [-0.15, -0.1) is 0 Å². The van der Waals surface area contributed by atoms with Crippen molar-refractivity contribution < 1.29 is 23.9 Å². The summed E-state index contributed by atoms with van der Waals surface area (Å²) >= 11 is 0. The number of carbonyl (C=O) groups is 3. The van der Waals surface area contributed by atoms with E-state index in [0.29, 0.717) is 5.01 Å². The van der Waals surface area contributed by atoms with Gasteiger partial charge in [0, 0.05) is 0 Å². The highest BCUT2D eigenvalue weighted by atomic mass is 16.5. The van der Waals surface area contributed by atoms with Crippen molar-refractivity contribution in [2.75, 3.05) is 14.2 Å². The largest absolute Gasteiger partial charge is 0.496 e. The van der Waals surface area contributed by atoms with Crippen molar-refractivity contribution in [1.82, 2.24) is 10.4 Å². The van der Waals surface area contributed by atoms with E-state index in [0.717, 1.165) is 0 Å². The average Bonchev–Trinajstić information content (AvgIpc) is 2.86. The standard InChI is InChI=1S/C17H14N2O5/c1-23-12-8-5-9-13(24-2)14(12)15(20)18-19-16(21)10-6-3-4-7-11(10)17(19)22/h3-9H,1-2H3,(H,18,20). The minimum absolute atomic E-state index is 0.0963. The summed E-state index contributed by atoms with van der Waals surface area (Å²) in [6, 6.07) is 11.2. The zero-order chi connectivity index (χ0) is 17.3. The Hall–Kier alpha value is -3.35. The minimum Gasteiger partial charge on any atom is -0.496 e. The Bertz CT molecular complexity index is 789. The molecule has 1 N–H and O–H groups in total. The van der Waals surface area contributed by atoms with Gasteiger partial charge >= 0.3 is 0 Å². The molecule has 0 aromatic heterocycles. The van der Waals surface area contributed by atoms with Crippen LogP contribution in [0.2, 0.25) is 0 Å². The first kappa shape index (κ1) is 15.5. The number of methoxy groups -OCH3 is 2. The number of imide groups is 1. The quantitative estimate of drug-likeness (QED) is 0.864. The van der Waals surface area contributed by atoms with Gasteiger partial charge in [-0.2, -0.15) is 5.01 Å². The smallest absolute Gasteiger partial charge is 0.280 e. The number of hydrazine groups is 1. The molecule has 2 aromatic carbocycles. The molecular formula is C17H14N2O5. The second-order valence-electron chi connectivity index (χ2n) is 4.97. The molecule has 0 aliphatic carbocycles. The molecule has 3 amide bonds. The highest BCUT2D eigenvalue weighted by molar-refractivity contribution is 6.22. The van der Waals surface area contributed by atoms with E-state index < -0.39 is 17.7 Å². The molecule has 0 saturated carbocycles. The number of hydrogen-bond acceptors (Lipinski definition) is 5. The summed E-state index contributed by atoms with van der Waals surface area (Å²) in [6.45, 7) is 0. The van der Waals surface area contributed by atoms with Crippen LogP contribution in [0.1, 0.15) is 31.1 Å². The summed E-state index contributed by atoms with van der Waals surface area (Å²) in [5.74, 6) is -1.32. The second-order valence-corrected chi connectivity index (χ2v) is 4.97. The monoisotopic (exact) mass is 326 g/mol. The van der Waals surface area contributed by atoms with E-state index in [1.165, 1.54) is 26.4 Å². The Balaban J connectivity index is 1.92. The zero-order valence-electron chi connectivity index (χ0n) is 13.0. The summed E-state index contributed by atoms with van der Waals surface area (Å²) in [4.78, 5) is 37.2.